The zero-order valence-electron chi connectivity index (χ0n) is 40.6. The number of benzene rings is 5. The minimum absolute atomic E-state index is 0.0404. The van der Waals surface area contributed by atoms with E-state index in [1.54, 1.807) is 39.0 Å². The number of methoxy groups -OCH3 is 2. The smallest absolute Gasteiger partial charge is 0.425 e. The van der Waals surface area contributed by atoms with Crippen LogP contribution < -0.4 is 24.4 Å². The molecule has 3 aliphatic rings. The van der Waals surface area contributed by atoms with Crippen molar-refractivity contribution in [3.8, 4) is 17.4 Å². The highest BCUT2D eigenvalue weighted by Gasteiger charge is 2.48. The Bertz CT molecular complexity index is 2860. The fourth-order valence-electron chi connectivity index (χ4n) is 9.51. The highest BCUT2D eigenvalue weighted by molar-refractivity contribution is 8.53. The minimum atomic E-state index is -1.34. The predicted molar refractivity (Wildman–Crippen MR) is 278 cm³/mol. The van der Waals surface area contributed by atoms with Crippen LogP contribution >= 0.6 is 19.0 Å². The fourth-order valence-corrected chi connectivity index (χ4v) is 13.9. The van der Waals surface area contributed by atoms with Crippen LogP contribution in [0, 0.1) is 5.92 Å². The molecular formula is C55H57N6O9PS. The van der Waals surface area contributed by atoms with Crippen molar-refractivity contribution >= 4 is 59.4 Å². The lowest BCUT2D eigenvalue weighted by atomic mass is 9.80. The van der Waals surface area contributed by atoms with E-state index in [2.05, 4.69) is 22.4 Å². The van der Waals surface area contributed by atoms with Gasteiger partial charge in [0, 0.05) is 17.1 Å². The minimum Gasteiger partial charge on any atom is -0.497 e. The summed E-state index contributed by atoms with van der Waals surface area (Å²) in [6.45, 7) is 4.27. The first-order valence-corrected chi connectivity index (χ1v) is 26.9. The Balaban J connectivity index is 1.03. The topological polar surface area (TPSA) is 158 Å². The Morgan fingerprint density at radius 2 is 1.39 bits per heavy atom. The van der Waals surface area contributed by atoms with Gasteiger partial charge in [-0.2, -0.15) is 9.97 Å². The third kappa shape index (κ3) is 10.3. The second-order valence-electron chi connectivity index (χ2n) is 18.4. The number of hydrogen-bond donors (Lipinski definition) is 1. The molecule has 372 valence electrons. The molecule has 15 nitrogen and oxygen atoms in total. The number of rotatable bonds is 16. The second kappa shape index (κ2) is 21.8. The van der Waals surface area contributed by atoms with Gasteiger partial charge in [-0.15, -0.1) is 0 Å². The number of amides is 2. The van der Waals surface area contributed by atoms with Crippen LogP contribution in [-0.2, 0) is 28.9 Å². The molecule has 10 rings (SSSR count). The van der Waals surface area contributed by atoms with Crippen molar-refractivity contribution in [2.24, 2.45) is 5.92 Å². The Morgan fingerprint density at radius 3 is 1.97 bits per heavy atom. The molecule has 2 aromatic heterocycles. The molecule has 1 aliphatic carbocycles. The number of ether oxygens (including phenoxy) is 5. The van der Waals surface area contributed by atoms with Gasteiger partial charge in [0.05, 0.1) is 51.2 Å². The first-order chi connectivity index (χ1) is 35.1. The molecule has 72 heavy (non-hydrogen) atoms. The lowest BCUT2D eigenvalue weighted by molar-refractivity contribution is -0.118. The molecule has 1 saturated carbocycles. The number of aromatic nitrogens is 4. The third-order valence-electron chi connectivity index (χ3n) is 13.4. The number of carbonyl (C=O) groups excluding carboxylic acids is 2. The molecular weight excluding hydrogens is 952 g/mol. The van der Waals surface area contributed by atoms with Crippen LogP contribution in [0.15, 0.2) is 146 Å². The van der Waals surface area contributed by atoms with E-state index in [1.165, 1.54) is 24.2 Å². The van der Waals surface area contributed by atoms with Gasteiger partial charge in [-0.25, -0.2) is 14.7 Å². The van der Waals surface area contributed by atoms with Gasteiger partial charge in [0.1, 0.15) is 29.4 Å². The van der Waals surface area contributed by atoms with Crippen LogP contribution in [0.2, 0.25) is 0 Å². The molecule has 0 bridgehead atoms. The van der Waals surface area contributed by atoms with Gasteiger partial charge < -0.3 is 32.7 Å². The van der Waals surface area contributed by atoms with E-state index in [0.29, 0.717) is 35.9 Å². The lowest BCUT2D eigenvalue weighted by Gasteiger charge is -2.37. The van der Waals surface area contributed by atoms with Gasteiger partial charge in [0.25, 0.3) is 5.88 Å². The summed E-state index contributed by atoms with van der Waals surface area (Å²) in [5, 5.41) is 2.81. The maximum atomic E-state index is 14.4. The molecule has 2 saturated heterocycles. The van der Waals surface area contributed by atoms with E-state index in [1.807, 2.05) is 139 Å². The summed E-state index contributed by atoms with van der Waals surface area (Å²) in [6, 6.07) is 44.3. The van der Waals surface area contributed by atoms with Crippen molar-refractivity contribution in [1.29, 1.82) is 0 Å². The van der Waals surface area contributed by atoms with Gasteiger partial charge in [-0.1, -0.05) is 135 Å². The standard InChI is InChI=1S/C55H57N6O9PS/c1-37(2)50(62)58-52-57-49-48(51(59-52)69-53(63)61(41-19-11-6-12-20-41)42-21-13-7-14-22-42)56-36-60(49)47-33-45(70-71-67-35-54(72-71)31-15-8-16-32-54)46(68-47)34-66-55(38-17-9-5-10-18-38,39-23-27-43(64-3)28-24-39)40-25-29-44(65-4)30-26-40/h5-7,9-14,17-30,36-37,45-47H,8,15-16,31-35H2,1-4H3,(H,57,58,59,62)/t45-,46+,47+,71?/m0/s1. The number of imidazole rings is 1. The Hall–Kier alpha value is -6.39. The molecule has 2 aliphatic heterocycles. The molecule has 7 aromatic rings. The fraction of sp³-hybridized carbons (Fsp3) is 0.327. The summed E-state index contributed by atoms with van der Waals surface area (Å²) in [6.07, 6.45) is 5.13. The highest BCUT2D eigenvalue weighted by atomic mass is 32.7. The first kappa shape index (κ1) is 49.2. The molecule has 17 heteroatoms. The van der Waals surface area contributed by atoms with Crippen LogP contribution in [0.4, 0.5) is 22.1 Å². The van der Waals surface area contributed by atoms with E-state index in [-0.39, 0.29) is 40.3 Å². The summed E-state index contributed by atoms with van der Waals surface area (Å²) in [5.74, 6) is 0.499. The maximum absolute atomic E-state index is 14.4. The summed E-state index contributed by atoms with van der Waals surface area (Å²) in [7, 11) is 1.96. The molecule has 1 N–H and O–H groups in total. The number of carbonyl (C=O) groups is 2. The molecule has 4 heterocycles. The highest BCUT2D eigenvalue weighted by Crippen LogP contribution is 2.68. The number of hydrogen-bond acceptors (Lipinski definition) is 13. The van der Waals surface area contributed by atoms with Crippen molar-refractivity contribution in [2.75, 3.05) is 37.7 Å². The van der Waals surface area contributed by atoms with Gasteiger partial charge in [-0.05, 0) is 78.1 Å². The van der Waals surface area contributed by atoms with Crippen molar-refractivity contribution in [1.82, 2.24) is 19.5 Å². The van der Waals surface area contributed by atoms with E-state index in [0.717, 1.165) is 29.5 Å². The second-order valence-corrected chi connectivity index (χ2v) is 21.8. The van der Waals surface area contributed by atoms with Crippen LogP contribution in [0.1, 0.15) is 75.3 Å². The van der Waals surface area contributed by atoms with Crippen molar-refractivity contribution in [3.63, 3.8) is 0 Å². The molecule has 1 spiro atoms. The number of nitrogens with zero attached hydrogens (tertiary/aromatic N) is 5. The maximum Gasteiger partial charge on any atom is 0.425 e. The van der Waals surface area contributed by atoms with Crippen molar-refractivity contribution in [3.05, 3.63) is 163 Å². The summed E-state index contributed by atoms with van der Waals surface area (Å²) in [5.41, 5.74) is 3.13. The Morgan fingerprint density at radius 1 is 0.806 bits per heavy atom. The van der Waals surface area contributed by atoms with Gasteiger partial charge in [-0.3, -0.25) is 14.7 Å². The summed E-state index contributed by atoms with van der Waals surface area (Å²) in [4.78, 5) is 43.2. The lowest BCUT2D eigenvalue weighted by Crippen LogP contribution is -2.38. The molecule has 2 amide bonds. The number of para-hydroxylation sites is 2. The van der Waals surface area contributed by atoms with Crippen molar-refractivity contribution in [2.45, 2.75) is 81.2 Å². The quantitative estimate of drug-likeness (QED) is 0.0721. The molecule has 1 unspecified atom stereocenters. The third-order valence-corrected chi connectivity index (χ3v) is 17.4. The number of anilines is 3. The van der Waals surface area contributed by atoms with Crippen LogP contribution in [0.25, 0.3) is 11.2 Å². The van der Waals surface area contributed by atoms with Crippen molar-refractivity contribution < 1.29 is 42.3 Å². The van der Waals surface area contributed by atoms with Crippen LogP contribution in [0.3, 0.4) is 0 Å². The molecule has 4 atom stereocenters. The van der Waals surface area contributed by atoms with E-state index >= 15 is 0 Å². The normalized spacial score (nSPS) is 19.6. The summed E-state index contributed by atoms with van der Waals surface area (Å²) >= 11 is 1.83. The summed E-state index contributed by atoms with van der Waals surface area (Å²) < 4.78 is 47.3. The van der Waals surface area contributed by atoms with E-state index in [9.17, 15) is 9.59 Å². The Kier molecular flexibility index (Phi) is 14.9. The SMILES string of the molecule is COc1ccc(C(OC[C@H]2O[C@@H](n3cnc4c(OC(=O)N(c5ccccc5)c5ccccc5)nc(NC(=O)C(C)C)nc43)C[C@@H]2OP2OCC3(CCCCC3)S2)(c2ccccc2)c2ccc(OC)cc2)cc1. The molecule has 0 radical (unpaired) electrons. The zero-order valence-corrected chi connectivity index (χ0v) is 42.3. The average molecular weight is 1010 g/mol. The largest absolute Gasteiger partial charge is 0.497 e. The molecule has 3 fully saturated rings. The average Bonchev–Trinajstić information content (AvgIpc) is 4.15. The molecule has 5 aromatic carbocycles. The number of nitrogens with one attached hydrogen (secondary N) is 1. The van der Waals surface area contributed by atoms with Gasteiger partial charge >= 0.3 is 6.09 Å². The monoisotopic (exact) mass is 1010 g/mol. The zero-order chi connectivity index (χ0) is 49.7. The first-order valence-electron chi connectivity index (χ1n) is 24.3. The van der Waals surface area contributed by atoms with E-state index < -0.39 is 43.6 Å². The van der Waals surface area contributed by atoms with Gasteiger partial charge in [0.15, 0.2) is 11.2 Å². The van der Waals surface area contributed by atoms with Crippen LogP contribution in [-0.4, -0.2) is 75.9 Å². The predicted octanol–water partition coefficient (Wildman–Crippen LogP) is 12.1. The van der Waals surface area contributed by atoms with E-state index in [4.69, 9.17) is 42.7 Å². The van der Waals surface area contributed by atoms with Crippen LogP contribution in [0.5, 0.6) is 17.4 Å². The number of fused-ring (bicyclic) bond motifs is 1. The Labute approximate surface area is 424 Å². The van der Waals surface area contributed by atoms with Gasteiger partial charge in [0.2, 0.25) is 19.4 Å².